The summed E-state index contributed by atoms with van der Waals surface area (Å²) in [6.07, 6.45) is 0. The predicted molar refractivity (Wildman–Crippen MR) is 213 cm³/mol. The maximum absolute atomic E-state index is 6.73. The zero-order valence-electron chi connectivity index (χ0n) is 29.0. The van der Waals surface area contributed by atoms with E-state index in [1.165, 1.54) is 55.6 Å². The molecule has 246 valence electrons. The quantitative estimate of drug-likeness (QED) is 0.178. The topological polar surface area (TPSA) is 9.23 Å². The Labute approximate surface area is 305 Å². The lowest BCUT2D eigenvalue weighted by Crippen LogP contribution is -2.34. The molecule has 0 spiro atoms. The van der Waals surface area contributed by atoms with E-state index in [1.807, 2.05) is 0 Å². The van der Waals surface area contributed by atoms with Crippen molar-refractivity contribution in [1.29, 1.82) is 0 Å². The van der Waals surface area contributed by atoms with Gasteiger partial charge in [0.1, 0.15) is 11.5 Å². The maximum Gasteiger partial charge on any atom is 0.132 e. The van der Waals surface area contributed by atoms with E-state index >= 15 is 0 Å². The second kappa shape index (κ2) is 11.8. The van der Waals surface area contributed by atoms with Gasteiger partial charge in [0.15, 0.2) is 0 Å². The van der Waals surface area contributed by atoms with E-state index in [4.69, 9.17) is 4.74 Å². The molecule has 0 saturated heterocycles. The summed E-state index contributed by atoms with van der Waals surface area (Å²) in [4.78, 5) is 0. The van der Waals surface area contributed by atoms with E-state index in [2.05, 4.69) is 207 Å². The summed E-state index contributed by atoms with van der Waals surface area (Å²) in [7, 11) is 0. The molecule has 10 rings (SSSR count). The number of benzene rings is 8. The molecule has 0 saturated carbocycles. The molecule has 1 nitrogen and oxygen atoms in total. The lowest BCUT2D eigenvalue weighted by atomic mass is 9.63. The normalized spacial score (nSPS) is 16.2. The molecule has 0 N–H and O–H groups in total. The van der Waals surface area contributed by atoms with Gasteiger partial charge in [-0.3, -0.25) is 0 Å². The van der Waals surface area contributed by atoms with Gasteiger partial charge in [-0.15, -0.1) is 0 Å². The van der Waals surface area contributed by atoms with Gasteiger partial charge in [0.2, 0.25) is 0 Å². The van der Waals surface area contributed by atoms with E-state index < -0.39 is 5.41 Å². The monoisotopic (exact) mass is 664 g/mol. The summed E-state index contributed by atoms with van der Waals surface area (Å²) in [5.74, 6) is 1.76. The van der Waals surface area contributed by atoms with Crippen LogP contribution in [0.5, 0.6) is 11.5 Å². The average Bonchev–Trinajstić information content (AvgIpc) is 3.49. The lowest BCUT2D eigenvalue weighted by Gasteiger charge is -2.41. The van der Waals surface area contributed by atoms with Gasteiger partial charge in [-0.1, -0.05) is 176 Å². The van der Waals surface area contributed by atoms with Crippen LogP contribution in [0.4, 0.5) is 0 Å². The molecule has 1 heteroatoms. The number of ether oxygens (including phenoxy) is 1. The molecule has 0 amide bonds. The van der Waals surface area contributed by atoms with Crippen molar-refractivity contribution in [2.24, 2.45) is 0 Å². The first-order valence-corrected chi connectivity index (χ1v) is 18.1. The first kappa shape index (κ1) is 30.4. The minimum absolute atomic E-state index is 0.264. The van der Waals surface area contributed by atoms with Gasteiger partial charge in [-0.25, -0.2) is 0 Å². The van der Waals surface area contributed by atoms with Crippen LogP contribution < -0.4 is 4.74 Å². The minimum atomic E-state index is -0.575. The highest BCUT2D eigenvalue weighted by molar-refractivity contribution is 5.90. The highest BCUT2D eigenvalue weighted by atomic mass is 16.5. The van der Waals surface area contributed by atoms with Crippen LogP contribution in [0.25, 0.3) is 33.4 Å². The minimum Gasteiger partial charge on any atom is -0.457 e. The van der Waals surface area contributed by atoms with E-state index in [0.717, 1.165) is 28.2 Å². The summed E-state index contributed by atoms with van der Waals surface area (Å²) in [5.41, 5.74) is 15.3. The second-order valence-electron chi connectivity index (χ2n) is 14.1. The Balaban J connectivity index is 1.18. The van der Waals surface area contributed by atoms with Crippen LogP contribution in [0, 0.1) is 0 Å². The molecule has 2 aliphatic rings. The van der Waals surface area contributed by atoms with Gasteiger partial charge in [0.25, 0.3) is 0 Å². The fraction of sp³-hybridized carbons (Fsp3) is 0.0588. The van der Waals surface area contributed by atoms with Gasteiger partial charge in [0.05, 0.1) is 5.41 Å². The molecule has 1 aliphatic heterocycles. The van der Waals surface area contributed by atoms with Crippen LogP contribution in [-0.4, -0.2) is 0 Å². The van der Waals surface area contributed by atoms with Crippen molar-refractivity contribution in [3.63, 3.8) is 0 Å². The molecular weight excluding hydrogens is 629 g/mol. The Morgan fingerprint density at radius 1 is 0.327 bits per heavy atom. The van der Waals surface area contributed by atoms with Gasteiger partial charge in [-0.05, 0) is 92.4 Å². The SMILES string of the molecule is CC1(c2ccccc2)c2ccccc2-c2ccc(-c3ccccc3-c3ccc4c(c3)C(c3ccccc3)(c3ccccc3)c3ccccc3O4)cc21. The highest BCUT2D eigenvalue weighted by Crippen LogP contribution is 2.57. The molecule has 8 aromatic rings. The highest BCUT2D eigenvalue weighted by Gasteiger charge is 2.45. The maximum atomic E-state index is 6.73. The van der Waals surface area contributed by atoms with Crippen molar-refractivity contribution in [2.75, 3.05) is 0 Å². The van der Waals surface area contributed by atoms with Gasteiger partial charge >= 0.3 is 0 Å². The standard InChI is InChI=1S/C51H36O/c1-50(37-17-5-2-6-18-37)44-26-14-13-25-42(44)43-31-29-35(33-46(43)50)40-23-11-12-24-41(40)36-30-32-49-47(34-36)51(38-19-7-3-8-20-38,39-21-9-4-10-22-39)45-27-15-16-28-48(45)52-49/h2-34H,1H3. The number of para-hydroxylation sites is 1. The van der Waals surface area contributed by atoms with Crippen LogP contribution in [0.3, 0.4) is 0 Å². The van der Waals surface area contributed by atoms with E-state index in [0.29, 0.717) is 0 Å². The first-order chi connectivity index (χ1) is 25.7. The van der Waals surface area contributed by atoms with Crippen molar-refractivity contribution in [2.45, 2.75) is 17.8 Å². The molecule has 0 bridgehead atoms. The zero-order valence-corrected chi connectivity index (χ0v) is 29.0. The summed E-state index contributed by atoms with van der Waals surface area (Å²) in [6.45, 7) is 2.39. The molecule has 52 heavy (non-hydrogen) atoms. The number of rotatable bonds is 5. The molecule has 1 atom stereocenters. The largest absolute Gasteiger partial charge is 0.457 e. The van der Waals surface area contributed by atoms with Crippen LogP contribution in [0.15, 0.2) is 200 Å². The van der Waals surface area contributed by atoms with Crippen LogP contribution >= 0.6 is 0 Å². The van der Waals surface area contributed by atoms with E-state index in [9.17, 15) is 0 Å². The molecular formula is C51H36O. The van der Waals surface area contributed by atoms with Gasteiger partial charge in [0, 0.05) is 16.5 Å². The van der Waals surface area contributed by atoms with Gasteiger partial charge < -0.3 is 4.74 Å². The molecule has 0 fully saturated rings. The Kier molecular flexibility index (Phi) is 6.91. The predicted octanol–water partition coefficient (Wildman–Crippen LogP) is 12.8. The van der Waals surface area contributed by atoms with Crippen molar-refractivity contribution in [3.8, 4) is 44.9 Å². The number of fused-ring (bicyclic) bond motifs is 5. The fourth-order valence-corrected chi connectivity index (χ4v) is 9.10. The summed E-state index contributed by atoms with van der Waals surface area (Å²) in [6, 6.07) is 72.9. The third-order valence-corrected chi connectivity index (χ3v) is 11.5. The summed E-state index contributed by atoms with van der Waals surface area (Å²) < 4.78 is 6.73. The third kappa shape index (κ3) is 4.36. The lowest BCUT2D eigenvalue weighted by molar-refractivity contribution is 0.434. The Hall–Kier alpha value is -6.44. The van der Waals surface area contributed by atoms with Crippen LogP contribution in [-0.2, 0) is 10.8 Å². The summed E-state index contributed by atoms with van der Waals surface area (Å²) in [5, 5.41) is 0. The molecule has 1 aliphatic carbocycles. The Morgan fingerprint density at radius 2 is 0.769 bits per heavy atom. The van der Waals surface area contributed by atoms with Crippen LogP contribution in [0.1, 0.15) is 45.9 Å². The zero-order chi connectivity index (χ0) is 34.7. The number of hydrogen-bond donors (Lipinski definition) is 0. The average molecular weight is 665 g/mol. The van der Waals surface area contributed by atoms with Crippen molar-refractivity contribution in [1.82, 2.24) is 0 Å². The smallest absolute Gasteiger partial charge is 0.132 e. The molecule has 1 unspecified atom stereocenters. The molecule has 8 aromatic carbocycles. The van der Waals surface area contributed by atoms with E-state index in [1.54, 1.807) is 0 Å². The summed E-state index contributed by atoms with van der Waals surface area (Å²) >= 11 is 0. The fourth-order valence-electron chi connectivity index (χ4n) is 9.10. The van der Waals surface area contributed by atoms with Crippen molar-refractivity contribution in [3.05, 3.63) is 239 Å². The third-order valence-electron chi connectivity index (χ3n) is 11.5. The Bertz CT molecular complexity index is 2560. The van der Waals surface area contributed by atoms with Crippen molar-refractivity contribution >= 4 is 0 Å². The Morgan fingerprint density at radius 3 is 1.40 bits per heavy atom. The van der Waals surface area contributed by atoms with Gasteiger partial charge in [-0.2, -0.15) is 0 Å². The molecule has 0 aromatic heterocycles. The van der Waals surface area contributed by atoms with Crippen LogP contribution in [0.2, 0.25) is 0 Å². The first-order valence-electron chi connectivity index (χ1n) is 18.1. The number of hydrogen-bond acceptors (Lipinski definition) is 1. The molecule has 1 heterocycles. The van der Waals surface area contributed by atoms with E-state index in [-0.39, 0.29) is 5.41 Å². The second-order valence-corrected chi connectivity index (χ2v) is 14.1. The van der Waals surface area contributed by atoms with Crippen molar-refractivity contribution < 1.29 is 4.74 Å². The molecule has 0 radical (unpaired) electrons.